The van der Waals surface area contributed by atoms with Crippen molar-refractivity contribution in [3.8, 4) is 11.5 Å². The van der Waals surface area contributed by atoms with Gasteiger partial charge in [0, 0.05) is 44.0 Å². The van der Waals surface area contributed by atoms with Gasteiger partial charge in [-0.3, -0.25) is 4.79 Å². The fourth-order valence-electron chi connectivity index (χ4n) is 3.69. The van der Waals surface area contributed by atoms with E-state index in [-0.39, 0.29) is 17.1 Å². The molecule has 1 aliphatic heterocycles. The number of ether oxygens (including phenoxy) is 1. The number of pyridine rings is 1. The zero-order valence-electron chi connectivity index (χ0n) is 16.8. The van der Waals surface area contributed by atoms with Crippen molar-refractivity contribution >= 4 is 23.0 Å². The van der Waals surface area contributed by atoms with Gasteiger partial charge in [0.2, 0.25) is 0 Å². The summed E-state index contributed by atoms with van der Waals surface area (Å²) in [6.45, 7) is 3.31. The number of methoxy groups -OCH3 is 1. The molecule has 1 fully saturated rings. The first kappa shape index (κ1) is 19.6. The molecule has 0 atom stereocenters. The summed E-state index contributed by atoms with van der Waals surface area (Å²) < 4.78 is 5.07. The molecule has 0 unspecified atom stereocenters. The number of piperazine rings is 1. The summed E-state index contributed by atoms with van der Waals surface area (Å²) in [5.74, 6) is 1.06. The van der Waals surface area contributed by atoms with Crippen LogP contribution in [0.5, 0.6) is 11.5 Å². The Labute approximate surface area is 175 Å². The number of nitrogen functional groups attached to an aromatic ring is 1. The van der Waals surface area contributed by atoms with Gasteiger partial charge >= 0.3 is 0 Å². The van der Waals surface area contributed by atoms with E-state index >= 15 is 0 Å². The van der Waals surface area contributed by atoms with Crippen molar-refractivity contribution in [3.05, 3.63) is 71.9 Å². The lowest BCUT2D eigenvalue weighted by molar-refractivity contribution is 0.103. The van der Waals surface area contributed by atoms with Crippen molar-refractivity contribution in [3.63, 3.8) is 0 Å². The molecule has 0 amide bonds. The second kappa shape index (κ2) is 8.32. The van der Waals surface area contributed by atoms with Crippen LogP contribution in [0, 0.1) is 0 Å². The molecule has 0 radical (unpaired) electrons. The molecule has 3 N–H and O–H groups in total. The van der Waals surface area contributed by atoms with Crippen molar-refractivity contribution in [2.45, 2.75) is 0 Å². The highest BCUT2D eigenvalue weighted by Crippen LogP contribution is 2.30. The minimum absolute atomic E-state index is 0.118. The third-order valence-electron chi connectivity index (χ3n) is 5.33. The topological polar surface area (TPSA) is 91.9 Å². The molecule has 1 aliphatic rings. The number of aromatic nitrogens is 1. The third kappa shape index (κ3) is 3.87. The second-order valence-electron chi connectivity index (χ2n) is 7.15. The number of phenols is 1. The number of anilines is 3. The van der Waals surface area contributed by atoms with Crippen LogP contribution in [0.15, 0.2) is 60.8 Å². The Morgan fingerprint density at radius 3 is 2.43 bits per heavy atom. The molecule has 0 saturated carbocycles. The van der Waals surface area contributed by atoms with Gasteiger partial charge < -0.3 is 25.4 Å². The number of ketones is 1. The molecule has 4 rings (SSSR count). The highest BCUT2D eigenvalue weighted by atomic mass is 16.5. The number of phenolic OH excluding ortho intramolecular Hbond substituents is 1. The average molecular weight is 404 g/mol. The zero-order valence-corrected chi connectivity index (χ0v) is 16.8. The summed E-state index contributed by atoms with van der Waals surface area (Å²) in [5, 5.41) is 10.2. The Hall–Kier alpha value is -3.74. The fourth-order valence-corrected chi connectivity index (χ4v) is 3.69. The van der Waals surface area contributed by atoms with E-state index in [1.807, 2.05) is 24.3 Å². The monoisotopic (exact) mass is 404 g/mol. The van der Waals surface area contributed by atoms with Crippen LogP contribution in [0.25, 0.3) is 0 Å². The highest BCUT2D eigenvalue weighted by Gasteiger charge is 2.21. The van der Waals surface area contributed by atoms with E-state index in [9.17, 15) is 9.90 Å². The maximum Gasteiger partial charge on any atom is 0.196 e. The summed E-state index contributed by atoms with van der Waals surface area (Å²) in [6.07, 6.45) is 1.80. The number of aromatic hydroxyl groups is 1. The molecular weight excluding hydrogens is 380 g/mol. The summed E-state index contributed by atoms with van der Waals surface area (Å²) >= 11 is 0. The summed E-state index contributed by atoms with van der Waals surface area (Å²) in [6, 6.07) is 15.8. The molecule has 2 heterocycles. The van der Waals surface area contributed by atoms with E-state index < -0.39 is 0 Å². The fraction of sp³-hybridized carbons (Fsp3) is 0.217. The predicted molar refractivity (Wildman–Crippen MR) is 118 cm³/mol. The number of carbonyl (C=O) groups is 1. The van der Waals surface area contributed by atoms with Gasteiger partial charge in [0.15, 0.2) is 5.78 Å². The number of carbonyl (C=O) groups excluding carboxylic acids is 1. The van der Waals surface area contributed by atoms with Crippen LogP contribution in [0.4, 0.5) is 17.2 Å². The lowest BCUT2D eigenvalue weighted by Gasteiger charge is -2.37. The minimum Gasteiger partial charge on any atom is -0.507 e. The van der Waals surface area contributed by atoms with Crippen LogP contribution in [0.3, 0.4) is 0 Å². The van der Waals surface area contributed by atoms with Crippen molar-refractivity contribution in [2.24, 2.45) is 0 Å². The van der Waals surface area contributed by atoms with E-state index in [0.717, 1.165) is 37.7 Å². The normalized spacial score (nSPS) is 13.9. The molecule has 7 nitrogen and oxygen atoms in total. The molecule has 30 heavy (non-hydrogen) atoms. The predicted octanol–water partition coefficient (Wildman–Crippen LogP) is 2.94. The van der Waals surface area contributed by atoms with Crippen molar-refractivity contribution in [2.75, 3.05) is 48.8 Å². The first-order chi connectivity index (χ1) is 14.6. The number of benzene rings is 2. The lowest BCUT2D eigenvalue weighted by Crippen LogP contribution is -2.47. The third-order valence-corrected chi connectivity index (χ3v) is 5.33. The van der Waals surface area contributed by atoms with E-state index in [4.69, 9.17) is 10.5 Å². The van der Waals surface area contributed by atoms with Crippen LogP contribution < -0.4 is 20.3 Å². The molecule has 0 spiro atoms. The van der Waals surface area contributed by atoms with Crippen molar-refractivity contribution in [1.29, 1.82) is 0 Å². The van der Waals surface area contributed by atoms with E-state index in [0.29, 0.717) is 17.0 Å². The average Bonchev–Trinajstić information content (AvgIpc) is 2.79. The molecule has 154 valence electrons. The Balaban J connectivity index is 1.48. The molecular formula is C23H24N4O3. The molecule has 0 aliphatic carbocycles. The number of nitrogens with two attached hydrogens (primary N) is 1. The molecule has 1 saturated heterocycles. The van der Waals surface area contributed by atoms with Crippen LogP contribution in [0.1, 0.15) is 15.9 Å². The van der Waals surface area contributed by atoms with E-state index in [2.05, 4.69) is 14.8 Å². The Morgan fingerprint density at radius 1 is 1.03 bits per heavy atom. The summed E-state index contributed by atoms with van der Waals surface area (Å²) in [7, 11) is 1.51. The van der Waals surface area contributed by atoms with Gasteiger partial charge in [-0.05, 0) is 42.5 Å². The largest absolute Gasteiger partial charge is 0.507 e. The molecule has 2 aromatic carbocycles. The zero-order chi connectivity index (χ0) is 21.1. The Kier molecular flexibility index (Phi) is 5.43. The van der Waals surface area contributed by atoms with Crippen LogP contribution in [0.2, 0.25) is 0 Å². The van der Waals surface area contributed by atoms with Gasteiger partial charge in [-0.1, -0.05) is 6.07 Å². The number of rotatable bonds is 5. The van der Waals surface area contributed by atoms with Gasteiger partial charge in [0.05, 0.1) is 24.0 Å². The first-order valence-corrected chi connectivity index (χ1v) is 9.79. The number of nitrogens with zero attached hydrogens (tertiary/aromatic N) is 3. The van der Waals surface area contributed by atoms with E-state index in [1.165, 1.54) is 13.2 Å². The summed E-state index contributed by atoms with van der Waals surface area (Å²) in [4.78, 5) is 21.7. The van der Waals surface area contributed by atoms with Gasteiger partial charge in [-0.2, -0.15) is 0 Å². The SMILES string of the molecule is COc1ccc(C(=O)c2ccc(N3CCN(c4ccccn4)CC3)c(N)c2)c(O)c1. The Morgan fingerprint density at radius 2 is 1.80 bits per heavy atom. The lowest BCUT2D eigenvalue weighted by atomic mass is 10.0. The van der Waals surface area contributed by atoms with Gasteiger partial charge in [-0.25, -0.2) is 4.98 Å². The Bertz CT molecular complexity index is 1050. The van der Waals surface area contributed by atoms with Crippen molar-refractivity contribution < 1.29 is 14.6 Å². The first-order valence-electron chi connectivity index (χ1n) is 9.79. The van der Waals surface area contributed by atoms with Crippen LogP contribution >= 0.6 is 0 Å². The number of hydrogen-bond donors (Lipinski definition) is 2. The molecule has 0 bridgehead atoms. The smallest absolute Gasteiger partial charge is 0.196 e. The molecule has 1 aromatic heterocycles. The van der Waals surface area contributed by atoms with Crippen LogP contribution in [-0.4, -0.2) is 49.2 Å². The molecule has 7 heteroatoms. The highest BCUT2D eigenvalue weighted by molar-refractivity contribution is 6.11. The second-order valence-corrected chi connectivity index (χ2v) is 7.15. The van der Waals surface area contributed by atoms with Gasteiger partial charge in [0.1, 0.15) is 17.3 Å². The van der Waals surface area contributed by atoms with Crippen LogP contribution in [-0.2, 0) is 0 Å². The van der Waals surface area contributed by atoms with E-state index in [1.54, 1.807) is 30.5 Å². The quantitative estimate of drug-likeness (QED) is 0.499. The molecule has 3 aromatic rings. The number of hydrogen-bond acceptors (Lipinski definition) is 7. The summed E-state index contributed by atoms with van der Waals surface area (Å²) in [5.41, 5.74) is 8.39. The van der Waals surface area contributed by atoms with Crippen molar-refractivity contribution in [1.82, 2.24) is 4.98 Å². The van der Waals surface area contributed by atoms with Gasteiger partial charge in [-0.15, -0.1) is 0 Å². The maximum atomic E-state index is 12.8. The maximum absolute atomic E-state index is 12.8. The standard InChI is InChI=1S/C23H24N4O3/c1-30-17-6-7-18(21(28)15-17)23(29)16-5-8-20(19(24)14-16)26-10-12-27(13-11-26)22-4-2-3-9-25-22/h2-9,14-15,28H,10-13,24H2,1H3. The minimum atomic E-state index is -0.284. The van der Waals surface area contributed by atoms with Gasteiger partial charge in [0.25, 0.3) is 0 Å².